The minimum Gasteiger partial charge on any atom is -0.506 e. The molecule has 3 aromatic rings. The number of aromatic nitrogens is 3. The van der Waals surface area contributed by atoms with E-state index in [1.165, 1.54) is 17.4 Å². The number of pyridine rings is 1. The Bertz CT molecular complexity index is 1560. The predicted molar refractivity (Wildman–Crippen MR) is 143 cm³/mol. The Hall–Kier alpha value is -4.35. The maximum absolute atomic E-state index is 13.8. The maximum atomic E-state index is 13.8. The Labute approximate surface area is 234 Å². The number of nitrogens with zero attached hydrogens (tertiary/aromatic N) is 5. The van der Waals surface area contributed by atoms with Crippen LogP contribution in [0.25, 0.3) is 5.69 Å². The number of phenols is 1. The molecule has 0 bridgehead atoms. The van der Waals surface area contributed by atoms with Crippen molar-refractivity contribution in [1.82, 2.24) is 24.6 Å². The number of alkyl halides is 3. The Morgan fingerprint density at radius 2 is 1.93 bits per heavy atom. The number of phenolic OH excluding ortho intramolecular Hbond substituents is 1. The third-order valence-electron chi connectivity index (χ3n) is 8.42. The van der Waals surface area contributed by atoms with Crippen LogP contribution in [-0.2, 0) is 23.8 Å². The van der Waals surface area contributed by atoms with Gasteiger partial charge in [-0.3, -0.25) is 14.6 Å². The number of carbonyl (C=O) groups is 2. The van der Waals surface area contributed by atoms with E-state index in [9.17, 15) is 27.9 Å². The summed E-state index contributed by atoms with van der Waals surface area (Å²) < 4.78 is 41.2. The van der Waals surface area contributed by atoms with Crippen LogP contribution in [0.3, 0.4) is 0 Å². The summed E-state index contributed by atoms with van der Waals surface area (Å²) >= 11 is 0. The third-order valence-corrected chi connectivity index (χ3v) is 8.42. The standard InChI is InChI=1S/C29H29F3N6O3/c1-2-26(40)36-10-8-20-27-22(38(35-20)21-7-6-17(12-24(21)39)16-4-3-5-16)9-11-37(23(27)15-36)28(41)18-14-34-25(13-19(18)33)29(30,31)32/h2,6-7,12-14,16,23,39H,1,3-5,8-11,15H2,(H2,33,34)/t23-/m0/s1. The van der Waals surface area contributed by atoms with Gasteiger partial charge >= 0.3 is 6.18 Å². The fourth-order valence-corrected chi connectivity index (χ4v) is 6.04. The van der Waals surface area contributed by atoms with Crippen LogP contribution in [0.2, 0.25) is 0 Å². The third kappa shape index (κ3) is 4.60. The minimum atomic E-state index is -4.70. The number of amides is 2. The summed E-state index contributed by atoms with van der Waals surface area (Å²) in [5, 5.41) is 15.8. The predicted octanol–water partition coefficient (Wildman–Crippen LogP) is 4.15. The van der Waals surface area contributed by atoms with E-state index >= 15 is 0 Å². The molecule has 2 aliphatic heterocycles. The highest BCUT2D eigenvalue weighted by Gasteiger charge is 2.41. The van der Waals surface area contributed by atoms with Crippen LogP contribution in [0.5, 0.6) is 5.75 Å². The van der Waals surface area contributed by atoms with Crippen LogP contribution in [0.15, 0.2) is 43.1 Å². The van der Waals surface area contributed by atoms with E-state index < -0.39 is 23.8 Å². The molecule has 1 aromatic carbocycles. The van der Waals surface area contributed by atoms with Gasteiger partial charge in [0.1, 0.15) is 17.1 Å². The molecule has 1 saturated carbocycles. The van der Waals surface area contributed by atoms with Crippen molar-refractivity contribution in [3.05, 3.63) is 76.9 Å². The summed E-state index contributed by atoms with van der Waals surface area (Å²) in [5.41, 5.74) is 8.14. The Morgan fingerprint density at radius 3 is 2.56 bits per heavy atom. The van der Waals surface area contributed by atoms with Gasteiger partial charge in [-0.05, 0) is 48.6 Å². The zero-order valence-electron chi connectivity index (χ0n) is 22.2. The van der Waals surface area contributed by atoms with E-state index in [0.29, 0.717) is 42.8 Å². The lowest BCUT2D eigenvalue weighted by atomic mass is 9.80. The van der Waals surface area contributed by atoms with Gasteiger partial charge in [0, 0.05) is 49.9 Å². The number of carbonyl (C=O) groups excluding carboxylic acids is 2. The molecule has 3 N–H and O–H groups in total. The molecule has 0 unspecified atom stereocenters. The maximum Gasteiger partial charge on any atom is 0.433 e. The molecule has 9 nitrogen and oxygen atoms in total. The molecule has 41 heavy (non-hydrogen) atoms. The average Bonchev–Trinajstić information content (AvgIpc) is 3.15. The Balaban J connectivity index is 1.40. The fraction of sp³-hybridized carbons (Fsp3) is 0.379. The van der Waals surface area contributed by atoms with Crippen molar-refractivity contribution in [3.63, 3.8) is 0 Å². The highest BCUT2D eigenvalue weighted by atomic mass is 19.4. The van der Waals surface area contributed by atoms with Gasteiger partial charge in [0.2, 0.25) is 5.91 Å². The molecule has 6 rings (SSSR count). The van der Waals surface area contributed by atoms with Crippen LogP contribution < -0.4 is 5.73 Å². The van der Waals surface area contributed by atoms with E-state index in [1.807, 2.05) is 12.1 Å². The van der Waals surface area contributed by atoms with Crippen molar-refractivity contribution in [3.8, 4) is 11.4 Å². The second kappa shape index (κ2) is 9.93. The van der Waals surface area contributed by atoms with Gasteiger partial charge in [0.05, 0.1) is 23.0 Å². The second-order valence-electron chi connectivity index (χ2n) is 10.8. The van der Waals surface area contributed by atoms with E-state index in [0.717, 1.165) is 35.9 Å². The Morgan fingerprint density at radius 1 is 1.15 bits per heavy atom. The van der Waals surface area contributed by atoms with Crippen LogP contribution in [-0.4, -0.2) is 61.1 Å². The van der Waals surface area contributed by atoms with Crippen molar-refractivity contribution in [1.29, 1.82) is 0 Å². The van der Waals surface area contributed by atoms with Gasteiger partial charge in [0.15, 0.2) is 0 Å². The zero-order valence-corrected chi connectivity index (χ0v) is 22.2. The highest BCUT2D eigenvalue weighted by Crippen LogP contribution is 2.41. The molecule has 0 spiro atoms. The van der Waals surface area contributed by atoms with Gasteiger partial charge in [-0.25, -0.2) is 4.68 Å². The molecule has 1 fully saturated rings. The van der Waals surface area contributed by atoms with Gasteiger partial charge in [-0.15, -0.1) is 0 Å². The van der Waals surface area contributed by atoms with Crippen molar-refractivity contribution in [2.24, 2.45) is 0 Å². The first kappa shape index (κ1) is 26.9. The molecule has 214 valence electrons. The van der Waals surface area contributed by atoms with E-state index in [-0.39, 0.29) is 36.0 Å². The molecule has 1 atom stereocenters. The first-order chi connectivity index (χ1) is 19.6. The lowest BCUT2D eigenvalue weighted by Gasteiger charge is -2.38. The molecule has 0 radical (unpaired) electrons. The lowest BCUT2D eigenvalue weighted by molar-refractivity contribution is -0.141. The number of aromatic hydroxyl groups is 1. The van der Waals surface area contributed by atoms with E-state index in [4.69, 9.17) is 10.8 Å². The van der Waals surface area contributed by atoms with Gasteiger partial charge in [0.25, 0.3) is 5.91 Å². The van der Waals surface area contributed by atoms with E-state index in [1.54, 1.807) is 15.6 Å². The summed E-state index contributed by atoms with van der Waals surface area (Å²) in [4.78, 5) is 32.9. The van der Waals surface area contributed by atoms with Crippen molar-refractivity contribution < 1.29 is 27.9 Å². The highest BCUT2D eigenvalue weighted by molar-refractivity contribution is 5.99. The molecule has 1 aliphatic carbocycles. The number of halogens is 3. The quantitative estimate of drug-likeness (QED) is 0.459. The molecule has 2 aromatic heterocycles. The molecule has 0 saturated heterocycles. The minimum absolute atomic E-state index is 0.116. The van der Waals surface area contributed by atoms with Gasteiger partial charge in [-0.1, -0.05) is 19.1 Å². The van der Waals surface area contributed by atoms with Crippen LogP contribution in [0.4, 0.5) is 18.9 Å². The molecular weight excluding hydrogens is 537 g/mol. The molecule has 2 amide bonds. The van der Waals surface area contributed by atoms with Crippen molar-refractivity contribution >= 4 is 17.5 Å². The normalized spacial score (nSPS) is 18.9. The Kier molecular flexibility index (Phi) is 6.50. The molecule has 3 aliphatic rings. The zero-order chi connectivity index (χ0) is 29.1. The number of anilines is 1. The summed E-state index contributed by atoms with van der Waals surface area (Å²) in [7, 11) is 0. The molecule has 4 heterocycles. The van der Waals surface area contributed by atoms with Crippen LogP contribution in [0, 0.1) is 0 Å². The lowest BCUT2D eigenvalue weighted by Crippen LogP contribution is -2.46. The average molecular weight is 567 g/mol. The summed E-state index contributed by atoms with van der Waals surface area (Å²) in [6.07, 6.45) is 1.53. The number of nitrogens with two attached hydrogens (primary N) is 1. The van der Waals surface area contributed by atoms with Crippen LogP contribution >= 0.6 is 0 Å². The van der Waals surface area contributed by atoms with Crippen molar-refractivity contribution in [2.45, 2.75) is 50.2 Å². The van der Waals surface area contributed by atoms with Gasteiger partial charge in [-0.2, -0.15) is 18.3 Å². The molecular formula is C29H29F3N6O3. The summed E-state index contributed by atoms with van der Waals surface area (Å²) in [6, 6.07) is 5.68. The second-order valence-corrected chi connectivity index (χ2v) is 10.8. The topological polar surface area (TPSA) is 118 Å². The van der Waals surface area contributed by atoms with Crippen molar-refractivity contribution in [2.75, 3.05) is 25.4 Å². The van der Waals surface area contributed by atoms with E-state index in [2.05, 4.69) is 11.6 Å². The summed E-state index contributed by atoms with van der Waals surface area (Å²) in [6.45, 7) is 4.26. The number of hydrogen-bond acceptors (Lipinski definition) is 6. The number of benzene rings is 1. The van der Waals surface area contributed by atoms with Gasteiger partial charge < -0.3 is 20.6 Å². The number of rotatable bonds is 4. The number of hydrogen-bond donors (Lipinski definition) is 2. The smallest absolute Gasteiger partial charge is 0.433 e. The number of nitrogen functional groups attached to an aromatic ring is 1. The largest absolute Gasteiger partial charge is 0.506 e. The fourth-order valence-electron chi connectivity index (χ4n) is 6.04. The SMILES string of the molecule is C=CC(=O)N1CCc2nn(-c3ccc(C4CCC4)cc3O)c3c2[C@H](C1)N(C(=O)c1cnc(C(F)(F)F)cc1N)CC3. The monoisotopic (exact) mass is 566 g/mol. The first-order valence-electron chi connectivity index (χ1n) is 13.6. The summed E-state index contributed by atoms with van der Waals surface area (Å²) in [5.74, 6) is -0.321. The first-order valence-corrected chi connectivity index (χ1v) is 13.6. The molecule has 12 heteroatoms. The van der Waals surface area contributed by atoms with Crippen LogP contribution in [0.1, 0.15) is 69.8 Å².